The van der Waals surface area contributed by atoms with Gasteiger partial charge in [-0.2, -0.15) is 0 Å². The van der Waals surface area contributed by atoms with Crippen LogP contribution in [0.3, 0.4) is 0 Å². The van der Waals surface area contributed by atoms with E-state index in [-0.39, 0.29) is 35.3 Å². The van der Waals surface area contributed by atoms with Gasteiger partial charge in [0.1, 0.15) is 18.8 Å². The summed E-state index contributed by atoms with van der Waals surface area (Å²) in [5.74, 6) is -2.47. The molecule has 0 aromatic carbocycles. The van der Waals surface area contributed by atoms with Gasteiger partial charge in [-0.1, -0.05) is 5.16 Å². The minimum Gasteiger partial charge on any atom is -0.476 e. The number of anilines is 1. The smallest absolute Gasteiger partial charge is 0.355 e. The van der Waals surface area contributed by atoms with Crippen LogP contribution < -0.4 is 16.4 Å². The van der Waals surface area contributed by atoms with Gasteiger partial charge in [0.25, 0.3) is 11.8 Å². The molecule has 0 unspecified atom stereocenters. The molecule has 1 saturated heterocycles. The fraction of sp³-hybridized carbons (Fsp3) is 0.357. The highest BCUT2D eigenvalue weighted by Crippen LogP contribution is 2.28. The summed E-state index contributed by atoms with van der Waals surface area (Å²) in [5.41, 5.74) is 5.92. The lowest BCUT2D eigenvalue weighted by Gasteiger charge is -2.18. The van der Waals surface area contributed by atoms with Crippen LogP contribution in [0.2, 0.25) is 0 Å². The number of likely N-dealkylation sites (N-methyl/N-ethyl adjacent to an activating group) is 1. The predicted molar refractivity (Wildman–Crippen MR) is 94.1 cm³/mol. The molecule has 1 aromatic heterocycles. The number of carbonyl (C=O) groups is 3. The first-order chi connectivity index (χ1) is 12.9. The zero-order valence-electron chi connectivity index (χ0n) is 14.4. The van der Waals surface area contributed by atoms with Gasteiger partial charge < -0.3 is 26.3 Å². The number of nitrogens with one attached hydrogen (secondary N) is 2. The van der Waals surface area contributed by atoms with Gasteiger partial charge in [0.2, 0.25) is 0 Å². The SMILES string of the molecule is CNC1=C(C(=O)O)N2C(=O)[C@@H](NC(=O)/C(=N\OC)c3csc(N)n3)CN2C1. The van der Waals surface area contributed by atoms with Crippen LogP contribution in [0, 0.1) is 0 Å². The quantitative estimate of drug-likeness (QED) is 0.320. The fourth-order valence-corrected chi connectivity index (χ4v) is 3.42. The molecule has 3 heterocycles. The second-order valence-electron chi connectivity index (χ2n) is 5.60. The Labute approximate surface area is 157 Å². The van der Waals surface area contributed by atoms with Crippen molar-refractivity contribution in [3.05, 3.63) is 22.5 Å². The second-order valence-corrected chi connectivity index (χ2v) is 6.49. The van der Waals surface area contributed by atoms with E-state index in [9.17, 15) is 19.5 Å². The van der Waals surface area contributed by atoms with E-state index >= 15 is 0 Å². The number of oxime groups is 1. The summed E-state index contributed by atoms with van der Waals surface area (Å²) < 4.78 is 0. The van der Waals surface area contributed by atoms with E-state index in [2.05, 4.69) is 25.6 Å². The van der Waals surface area contributed by atoms with Crippen molar-refractivity contribution in [3.63, 3.8) is 0 Å². The van der Waals surface area contributed by atoms with Crippen LogP contribution in [0.15, 0.2) is 21.9 Å². The molecule has 0 spiro atoms. The number of nitrogen functional groups attached to an aromatic ring is 1. The highest BCUT2D eigenvalue weighted by atomic mass is 32.1. The predicted octanol–water partition coefficient (Wildman–Crippen LogP) is -1.85. The second kappa shape index (κ2) is 7.20. The number of aliphatic carboxylic acids is 1. The largest absolute Gasteiger partial charge is 0.476 e. The molecule has 1 aromatic rings. The standard InChI is InChI=1S/C14H17N7O5S/c1-16-6-3-20-4-7(12(23)21(20)10(6)13(24)25)17-11(22)9(19-26-2)8-5-27-14(15)18-8/h5,7,16H,3-4H2,1-2H3,(H2,15,18)(H,17,22)(H,24,25)/b19-9-/t7-/m0/s1. The third-order valence-corrected chi connectivity index (χ3v) is 4.67. The van der Waals surface area contributed by atoms with Crippen LogP contribution in [-0.2, 0) is 19.2 Å². The summed E-state index contributed by atoms with van der Waals surface area (Å²) in [6.07, 6.45) is 0. The lowest BCUT2D eigenvalue weighted by Crippen LogP contribution is -2.46. The number of nitrogens with two attached hydrogens (primary N) is 1. The van der Waals surface area contributed by atoms with Crippen molar-refractivity contribution in [2.45, 2.75) is 6.04 Å². The number of carbonyl (C=O) groups excluding carboxylic acids is 2. The number of fused-ring (bicyclic) bond motifs is 1. The number of hydrogen-bond acceptors (Lipinski definition) is 10. The summed E-state index contributed by atoms with van der Waals surface area (Å²) in [6, 6.07) is -0.941. The van der Waals surface area contributed by atoms with E-state index in [0.717, 1.165) is 16.3 Å². The van der Waals surface area contributed by atoms with Gasteiger partial charge in [-0.25, -0.2) is 19.8 Å². The molecular formula is C14H17N7O5S. The van der Waals surface area contributed by atoms with Gasteiger partial charge in [0, 0.05) is 19.0 Å². The van der Waals surface area contributed by atoms with Gasteiger partial charge in [-0.15, -0.1) is 11.3 Å². The van der Waals surface area contributed by atoms with Gasteiger partial charge in [0.05, 0.1) is 12.2 Å². The number of thiazole rings is 1. The molecule has 0 bridgehead atoms. The average molecular weight is 395 g/mol. The lowest BCUT2D eigenvalue weighted by atomic mass is 10.2. The highest BCUT2D eigenvalue weighted by Gasteiger charge is 2.48. The molecule has 0 aliphatic carbocycles. The summed E-state index contributed by atoms with van der Waals surface area (Å²) >= 11 is 1.13. The van der Waals surface area contributed by atoms with Gasteiger partial charge in [-0.3, -0.25) is 9.59 Å². The molecular weight excluding hydrogens is 378 g/mol. The average Bonchev–Trinajstić information content (AvgIpc) is 3.28. The number of rotatable bonds is 6. The van der Waals surface area contributed by atoms with Crippen LogP contribution in [0.4, 0.5) is 5.13 Å². The number of carboxylic acid groups (broad SMARTS) is 1. The third-order valence-electron chi connectivity index (χ3n) is 3.99. The molecule has 144 valence electrons. The molecule has 1 atom stereocenters. The van der Waals surface area contributed by atoms with E-state index < -0.39 is 23.8 Å². The maximum atomic E-state index is 12.7. The Kier molecular flexibility index (Phi) is 4.96. The number of amides is 2. The van der Waals surface area contributed by atoms with E-state index in [0.29, 0.717) is 5.70 Å². The van der Waals surface area contributed by atoms with Crippen molar-refractivity contribution in [1.82, 2.24) is 25.6 Å². The highest BCUT2D eigenvalue weighted by molar-refractivity contribution is 7.13. The molecule has 13 heteroatoms. The van der Waals surface area contributed by atoms with Crippen molar-refractivity contribution in [2.24, 2.45) is 5.16 Å². The van der Waals surface area contributed by atoms with Crippen LogP contribution in [-0.4, -0.2) is 76.9 Å². The number of nitrogens with zero attached hydrogens (tertiary/aromatic N) is 4. The van der Waals surface area contributed by atoms with Crippen LogP contribution in [0.25, 0.3) is 0 Å². The van der Waals surface area contributed by atoms with Gasteiger partial charge in [-0.05, 0) is 0 Å². The Morgan fingerprint density at radius 2 is 2.26 bits per heavy atom. The lowest BCUT2D eigenvalue weighted by molar-refractivity contribution is -0.143. The zero-order valence-corrected chi connectivity index (χ0v) is 15.2. The molecule has 5 N–H and O–H groups in total. The number of carboxylic acids is 1. The van der Waals surface area contributed by atoms with E-state index in [4.69, 9.17) is 5.73 Å². The Hall–Kier alpha value is -3.19. The third kappa shape index (κ3) is 3.29. The van der Waals surface area contributed by atoms with Crippen molar-refractivity contribution >= 4 is 40.0 Å². The van der Waals surface area contributed by atoms with Gasteiger partial charge in [0.15, 0.2) is 16.5 Å². The summed E-state index contributed by atoms with van der Waals surface area (Å²) in [7, 11) is 2.85. The van der Waals surface area contributed by atoms with Crippen molar-refractivity contribution in [2.75, 3.05) is 33.0 Å². The van der Waals surface area contributed by atoms with Gasteiger partial charge >= 0.3 is 5.97 Å². The summed E-state index contributed by atoms with van der Waals surface area (Å²) in [6.45, 7) is 0.337. The molecule has 12 nitrogen and oxygen atoms in total. The molecule has 3 rings (SSSR count). The van der Waals surface area contributed by atoms with E-state index in [1.165, 1.54) is 17.5 Å². The van der Waals surface area contributed by atoms with Crippen LogP contribution >= 0.6 is 11.3 Å². The van der Waals surface area contributed by atoms with Crippen LogP contribution in [0.5, 0.6) is 0 Å². The minimum absolute atomic E-state index is 0.117. The van der Waals surface area contributed by atoms with Crippen molar-refractivity contribution in [1.29, 1.82) is 0 Å². The fourth-order valence-electron chi connectivity index (χ4n) is 2.87. The molecule has 0 saturated carbocycles. The number of hydrogen-bond donors (Lipinski definition) is 4. The summed E-state index contributed by atoms with van der Waals surface area (Å²) in [5, 5.41) is 22.8. The Balaban J connectivity index is 1.78. The summed E-state index contributed by atoms with van der Waals surface area (Å²) in [4.78, 5) is 45.4. The van der Waals surface area contributed by atoms with Crippen molar-refractivity contribution < 1.29 is 24.3 Å². The molecule has 27 heavy (non-hydrogen) atoms. The Morgan fingerprint density at radius 3 is 2.81 bits per heavy atom. The molecule has 0 radical (unpaired) electrons. The maximum Gasteiger partial charge on any atom is 0.355 e. The first-order valence-electron chi connectivity index (χ1n) is 7.73. The van der Waals surface area contributed by atoms with Crippen LogP contribution in [0.1, 0.15) is 5.69 Å². The van der Waals surface area contributed by atoms with E-state index in [1.807, 2.05) is 0 Å². The number of aromatic nitrogens is 1. The van der Waals surface area contributed by atoms with E-state index in [1.54, 1.807) is 7.05 Å². The normalized spacial score (nSPS) is 20.1. The number of hydrazine groups is 1. The maximum absolute atomic E-state index is 12.7. The molecule has 2 aliphatic rings. The minimum atomic E-state index is -1.23. The molecule has 2 amide bonds. The molecule has 2 aliphatic heterocycles. The first-order valence-corrected chi connectivity index (χ1v) is 8.61. The zero-order chi connectivity index (χ0) is 19.7. The molecule has 1 fully saturated rings. The topological polar surface area (TPSA) is 162 Å². The first kappa shape index (κ1) is 18.6. The monoisotopic (exact) mass is 395 g/mol. The van der Waals surface area contributed by atoms with Crippen molar-refractivity contribution in [3.8, 4) is 0 Å². The Bertz CT molecular complexity index is 864. The Morgan fingerprint density at radius 1 is 1.52 bits per heavy atom.